The van der Waals surface area contributed by atoms with Gasteiger partial charge in [0.1, 0.15) is 6.10 Å². The summed E-state index contributed by atoms with van der Waals surface area (Å²) in [5.41, 5.74) is -1.32. The van der Waals surface area contributed by atoms with Gasteiger partial charge in [-0.05, 0) is 117 Å². The van der Waals surface area contributed by atoms with E-state index in [0.717, 1.165) is 57.8 Å². The largest absolute Gasteiger partial charge is 0.469 e. The molecule has 0 aliphatic heterocycles. The second kappa shape index (κ2) is 8.70. The van der Waals surface area contributed by atoms with Crippen molar-refractivity contribution >= 4 is 11.9 Å². The molecule has 5 aliphatic rings. The van der Waals surface area contributed by atoms with Crippen LogP contribution in [0.25, 0.3) is 0 Å². The Hall–Kier alpha value is -1.10. The second-order valence-corrected chi connectivity index (χ2v) is 16.2. The van der Waals surface area contributed by atoms with E-state index in [9.17, 15) is 14.7 Å². The molecule has 5 aliphatic carbocycles. The molecule has 5 fully saturated rings. The van der Waals surface area contributed by atoms with Crippen LogP contribution in [0, 0.1) is 56.7 Å². The summed E-state index contributed by atoms with van der Waals surface area (Å²) in [4.78, 5) is 26.6. The van der Waals surface area contributed by atoms with E-state index in [-0.39, 0.29) is 51.5 Å². The van der Waals surface area contributed by atoms with Crippen molar-refractivity contribution in [2.45, 2.75) is 131 Å². The number of hydrogen-bond donors (Lipinski definition) is 1. The molecule has 5 rings (SSSR count). The molecule has 0 unspecified atom stereocenters. The number of carbonyl (C=O) groups excluding carboxylic acids is 2. The quantitative estimate of drug-likeness (QED) is 0.400. The van der Waals surface area contributed by atoms with Gasteiger partial charge in [0.25, 0.3) is 0 Å². The van der Waals surface area contributed by atoms with Crippen LogP contribution in [0.5, 0.6) is 0 Å². The Morgan fingerprint density at radius 1 is 0.868 bits per heavy atom. The highest BCUT2D eigenvalue weighted by atomic mass is 16.5. The zero-order chi connectivity index (χ0) is 28.1. The number of methoxy groups -OCH3 is 1. The summed E-state index contributed by atoms with van der Waals surface area (Å²) in [7, 11) is 1.55. The Bertz CT molecular complexity index is 980. The first kappa shape index (κ1) is 28.4. The van der Waals surface area contributed by atoms with E-state index in [1.807, 2.05) is 13.8 Å². The Kier molecular flexibility index (Phi) is 6.51. The Morgan fingerprint density at radius 2 is 1.53 bits per heavy atom. The third kappa shape index (κ3) is 3.58. The van der Waals surface area contributed by atoms with E-state index in [1.54, 1.807) is 7.11 Å². The van der Waals surface area contributed by atoms with E-state index in [4.69, 9.17) is 9.47 Å². The molecule has 0 radical (unpaired) electrons. The van der Waals surface area contributed by atoms with Crippen molar-refractivity contribution in [1.82, 2.24) is 0 Å². The fraction of sp³-hybridized carbons (Fsp3) is 0.939. The van der Waals surface area contributed by atoms with Crippen LogP contribution < -0.4 is 0 Å². The highest BCUT2D eigenvalue weighted by Crippen LogP contribution is 2.78. The zero-order valence-corrected chi connectivity index (χ0v) is 25.6. The minimum Gasteiger partial charge on any atom is -0.469 e. The van der Waals surface area contributed by atoms with Gasteiger partial charge in [0.05, 0.1) is 18.1 Å². The van der Waals surface area contributed by atoms with Gasteiger partial charge in [0.15, 0.2) is 0 Å². The van der Waals surface area contributed by atoms with Crippen LogP contribution in [0.3, 0.4) is 0 Å². The van der Waals surface area contributed by atoms with Gasteiger partial charge in [-0.25, -0.2) is 0 Å². The molecule has 1 N–H and O–H groups in total. The fourth-order valence-corrected chi connectivity index (χ4v) is 12.6. The van der Waals surface area contributed by atoms with Crippen LogP contribution in [-0.2, 0) is 19.1 Å². The Labute approximate surface area is 231 Å². The molecular formula is C33H54O5. The van der Waals surface area contributed by atoms with Gasteiger partial charge in [-0.2, -0.15) is 0 Å². The van der Waals surface area contributed by atoms with E-state index in [1.165, 1.54) is 13.3 Å². The van der Waals surface area contributed by atoms with E-state index >= 15 is 0 Å². The first-order valence-electron chi connectivity index (χ1n) is 15.5. The zero-order valence-electron chi connectivity index (χ0n) is 25.6. The molecule has 0 amide bonds. The molecule has 10 atom stereocenters. The van der Waals surface area contributed by atoms with Crippen molar-refractivity contribution in [3.05, 3.63) is 0 Å². The summed E-state index contributed by atoms with van der Waals surface area (Å²) >= 11 is 0. The van der Waals surface area contributed by atoms with Gasteiger partial charge < -0.3 is 14.6 Å². The maximum atomic E-state index is 14.1. The van der Waals surface area contributed by atoms with Crippen LogP contribution in [-0.4, -0.2) is 35.9 Å². The van der Waals surface area contributed by atoms with Crippen LogP contribution >= 0.6 is 0 Å². The van der Waals surface area contributed by atoms with Crippen molar-refractivity contribution in [3.63, 3.8) is 0 Å². The first-order chi connectivity index (χ1) is 17.5. The lowest BCUT2D eigenvalue weighted by Gasteiger charge is -2.73. The van der Waals surface area contributed by atoms with Crippen LogP contribution in [0.1, 0.15) is 120 Å². The third-order valence-electron chi connectivity index (χ3n) is 13.9. The normalized spacial score (nSPS) is 49.6. The summed E-state index contributed by atoms with van der Waals surface area (Å²) in [6.07, 6.45) is 10.1. The molecule has 216 valence electrons. The van der Waals surface area contributed by atoms with Gasteiger partial charge in [-0.15, -0.1) is 0 Å². The summed E-state index contributed by atoms with van der Waals surface area (Å²) in [6.45, 7) is 17.6. The molecule has 0 heterocycles. The molecular weight excluding hydrogens is 476 g/mol. The predicted octanol–water partition coefficient (Wildman–Crippen LogP) is 6.94. The van der Waals surface area contributed by atoms with E-state index < -0.39 is 11.0 Å². The maximum absolute atomic E-state index is 14.1. The number of hydrogen-bond acceptors (Lipinski definition) is 5. The molecule has 5 nitrogen and oxygen atoms in total. The van der Waals surface area contributed by atoms with Gasteiger partial charge in [0, 0.05) is 12.8 Å². The standard InChI is InChI=1S/C33H54O5/c1-20(34)38-23-19-32(8)25(33(27(35)37-9)16-10-15-28(2,3)26(23)33)12-11-24-30(6)17-13-21(29(4,5)36)22(30)14-18-31(24,32)7/h21-26,36H,10-19H2,1-9H3/t21-,22-,23-,24+,25-,26-,30-,31+,32+,33-/m0/s1. The SMILES string of the molecule is COC(=O)[C@]12CCCC(C)(C)[C@@H]1[C@@H](OC(C)=O)C[C@]1(C)[C@@H]2CC[C@@H]2[C@@]3(C)CC[C@H](C(C)(C)O)[C@@H]3CC[C@]21C. The van der Waals surface area contributed by atoms with E-state index in [0.29, 0.717) is 17.8 Å². The first-order valence-corrected chi connectivity index (χ1v) is 15.5. The summed E-state index contributed by atoms with van der Waals surface area (Å²) in [6, 6.07) is 0. The average molecular weight is 531 g/mol. The number of ether oxygens (including phenoxy) is 2. The lowest BCUT2D eigenvalue weighted by atomic mass is 9.31. The fourth-order valence-electron chi connectivity index (χ4n) is 12.6. The maximum Gasteiger partial charge on any atom is 0.312 e. The van der Waals surface area contributed by atoms with Crippen LogP contribution in [0.15, 0.2) is 0 Å². The van der Waals surface area contributed by atoms with Gasteiger partial charge >= 0.3 is 11.9 Å². The molecule has 5 saturated carbocycles. The number of rotatable bonds is 3. The van der Waals surface area contributed by atoms with Crippen molar-refractivity contribution in [2.24, 2.45) is 56.7 Å². The highest BCUT2D eigenvalue weighted by molar-refractivity contribution is 5.79. The molecule has 0 saturated heterocycles. The predicted molar refractivity (Wildman–Crippen MR) is 148 cm³/mol. The molecule has 0 aromatic rings. The van der Waals surface area contributed by atoms with Crippen molar-refractivity contribution < 1.29 is 24.2 Å². The van der Waals surface area contributed by atoms with Crippen molar-refractivity contribution in [3.8, 4) is 0 Å². The lowest BCUT2D eigenvalue weighted by molar-refractivity contribution is -0.275. The summed E-state index contributed by atoms with van der Waals surface area (Å²) in [5, 5.41) is 11.1. The molecule has 0 aromatic heterocycles. The van der Waals surface area contributed by atoms with Crippen molar-refractivity contribution in [2.75, 3.05) is 7.11 Å². The molecule has 0 spiro atoms. The number of fused-ring (bicyclic) bond motifs is 7. The minimum absolute atomic E-state index is 0.0294. The molecule has 38 heavy (non-hydrogen) atoms. The van der Waals surface area contributed by atoms with Crippen molar-refractivity contribution in [1.29, 1.82) is 0 Å². The molecule has 0 aromatic carbocycles. The summed E-state index contributed by atoms with van der Waals surface area (Å²) < 4.78 is 11.9. The Balaban J connectivity index is 1.64. The highest BCUT2D eigenvalue weighted by Gasteiger charge is 2.75. The number of carbonyl (C=O) groups is 2. The van der Waals surface area contributed by atoms with E-state index in [2.05, 4.69) is 34.6 Å². The second-order valence-electron chi connectivity index (χ2n) is 16.2. The minimum atomic E-state index is -0.654. The molecule has 5 heteroatoms. The lowest BCUT2D eigenvalue weighted by Crippen LogP contribution is -2.71. The van der Waals surface area contributed by atoms with Gasteiger partial charge in [-0.1, -0.05) is 41.0 Å². The van der Waals surface area contributed by atoms with Crippen LogP contribution in [0.4, 0.5) is 0 Å². The smallest absolute Gasteiger partial charge is 0.312 e. The average Bonchev–Trinajstić information content (AvgIpc) is 3.15. The van der Waals surface area contributed by atoms with Crippen LogP contribution in [0.2, 0.25) is 0 Å². The number of esters is 2. The summed E-state index contributed by atoms with van der Waals surface area (Å²) in [5.74, 6) is 1.27. The Morgan fingerprint density at radius 3 is 2.13 bits per heavy atom. The number of aliphatic hydroxyl groups is 1. The topological polar surface area (TPSA) is 72.8 Å². The molecule has 0 bridgehead atoms. The third-order valence-corrected chi connectivity index (χ3v) is 13.9. The van der Waals surface area contributed by atoms with Gasteiger partial charge in [-0.3, -0.25) is 9.59 Å². The monoisotopic (exact) mass is 530 g/mol. The van der Waals surface area contributed by atoms with Gasteiger partial charge in [0.2, 0.25) is 0 Å².